The van der Waals surface area contributed by atoms with Crippen LogP contribution in [0.4, 0.5) is 5.69 Å². The Kier molecular flexibility index (Phi) is 8.42. The number of hydrogen-bond donors (Lipinski definition) is 0. The van der Waals surface area contributed by atoms with E-state index >= 15 is 0 Å². The number of benzene rings is 9. The second-order valence-electron chi connectivity index (χ2n) is 15.4. The van der Waals surface area contributed by atoms with Gasteiger partial charge in [-0.25, -0.2) is 4.99 Å². The third-order valence-corrected chi connectivity index (χ3v) is 12.2. The summed E-state index contributed by atoms with van der Waals surface area (Å²) in [5.74, 6) is 0.827. The van der Waals surface area contributed by atoms with Crippen LogP contribution in [-0.4, -0.2) is 10.3 Å². The molecular formula is C56H42N2O2. The highest BCUT2D eigenvalue weighted by atomic mass is 16.3. The van der Waals surface area contributed by atoms with Crippen molar-refractivity contribution in [1.29, 1.82) is 0 Å². The number of aliphatic imine (C=N–C) groups is 1. The zero-order chi connectivity index (χ0) is 40.5. The SMILES string of the molecule is CC.CC(=Nc1c(C(C)c2ccccc2)oc2cccc(-c3cccc4oc5ccc(-n6c7cccc8c9ccccc9c9cccc6c9c87)cc5c34)c12)c1ccccc1. The van der Waals surface area contributed by atoms with Gasteiger partial charge in [0.15, 0.2) is 0 Å². The molecule has 0 amide bonds. The Bertz CT molecular complexity index is 3500. The number of rotatable bonds is 6. The third kappa shape index (κ3) is 5.34. The van der Waals surface area contributed by atoms with Gasteiger partial charge in [0, 0.05) is 38.9 Å². The molecule has 0 bridgehead atoms. The van der Waals surface area contributed by atoms with Gasteiger partial charge >= 0.3 is 0 Å². The molecule has 4 heteroatoms. The molecule has 3 aromatic heterocycles. The average molecular weight is 775 g/mol. The number of hydrogen-bond acceptors (Lipinski definition) is 3. The molecule has 0 fully saturated rings. The maximum Gasteiger partial charge on any atom is 0.138 e. The van der Waals surface area contributed by atoms with E-state index in [1.165, 1.54) is 48.9 Å². The second-order valence-corrected chi connectivity index (χ2v) is 15.4. The lowest BCUT2D eigenvalue weighted by molar-refractivity contribution is 0.534. The van der Waals surface area contributed by atoms with Crippen molar-refractivity contribution in [3.63, 3.8) is 0 Å². The van der Waals surface area contributed by atoms with E-state index in [4.69, 9.17) is 13.8 Å². The van der Waals surface area contributed by atoms with Gasteiger partial charge in [0.2, 0.25) is 0 Å². The van der Waals surface area contributed by atoms with Crippen molar-refractivity contribution in [1.82, 2.24) is 4.57 Å². The largest absolute Gasteiger partial charge is 0.458 e. The minimum Gasteiger partial charge on any atom is -0.458 e. The van der Waals surface area contributed by atoms with Crippen molar-refractivity contribution in [3.8, 4) is 16.8 Å². The first-order chi connectivity index (χ1) is 29.6. The summed E-state index contributed by atoms with van der Waals surface area (Å²) in [4.78, 5) is 5.42. The predicted molar refractivity (Wildman–Crippen MR) is 253 cm³/mol. The van der Waals surface area contributed by atoms with Gasteiger partial charge in [-0.15, -0.1) is 0 Å². The van der Waals surface area contributed by atoms with Crippen LogP contribution >= 0.6 is 0 Å². The molecule has 0 aliphatic heterocycles. The molecule has 3 heterocycles. The van der Waals surface area contributed by atoms with E-state index in [-0.39, 0.29) is 5.92 Å². The quantitative estimate of drug-likeness (QED) is 0.125. The van der Waals surface area contributed by atoms with Crippen LogP contribution < -0.4 is 0 Å². The fourth-order valence-corrected chi connectivity index (χ4v) is 9.55. The highest BCUT2D eigenvalue weighted by Crippen LogP contribution is 2.48. The molecule has 288 valence electrons. The van der Waals surface area contributed by atoms with Gasteiger partial charge in [0.25, 0.3) is 0 Å². The fraction of sp³-hybridized carbons (Fsp3) is 0.0893. The van der Waals surface area contributed by atoms with Crippen LogP contribution in [0.1, 0.15) is 50.5 Å². The highest BCUT2D eigenvalue weighted by Gasteiger charge is 2.26. The predicted octanol–water partition coefficient (Wildman–Crippen LogP) is 16.2. The normalized spacial score (nSPS) is 12.7. The summed E-state index contributed by atoms with van der Waals surface area (Å²) < 4.78 is 15.9. The number of aromatic nitrogens is 1. The molecule has 12 rings (SSSR count). The van der Waals surface area contributed by atoms with Crippen LogP contribution in [0.25, 0.3) is 93.1 Å². The van der Waals surface area contributed by atoms with Crippen LogP contribution in [0, 0.1) is 0 Å². The molecular weight excluding hydrogens is 733 g/mol. The molecule has 0 spiro atoms. The van der Waals surface area contributed by atoms with E-state index in [0.29, 0.717) is 0 Å². The van der Waals surface area contributed by atoms with Gasteiger partial charge in [0.05, 0.1) is 16.4 Å². The second kappa shape index (κ2) is 14.1. The smallest absolute Gasteiger partial charge is 0.138 e. The molecule has 0 aliphatic rings. The molecule has 0 saturated heterocycles. The summed E-state index contributed by atoms with van der Waals surface area (Å²) in [6.45, 7) is 8.29. The Balaban J connectivity index is 0.00000201. The lowest BCUT2D eigenvalue weighted by Gasteiger charge is -2.11. The summed E-state index contributed by atoms with van der Waals surface area (Å²) in [5, 5.41) is 10.9. The fourth-order valence-electron chi connectivity index (χ4n) is 9.55. The highest BCUT2D eigenvalue weighted by molar-refractivity contribution is 6.34. The molecule has 0 saturated carbocycles. The first kappa shape index (κ1) is 35.7. The summed E-state index contributed by atoms with van der Waals surface area (Å²) in [7, 11) is 0. The first-order valence-electron chi connectivity index (χ1n) is 21.0. The van der Waals surface area contributed by atoms with Gasteiger partial charge < -0.3 is 13.4 Å². The summed E-state index contributed by atoms with van der Waals surface area (Å²) in [6.07, 6.45) is 0. The molecule has 0 radical (unpaired) electrons. The minimum absolute atomic E-state index is 0.0204. The van der Waals surface area contributed by atoms with Gasteiger partial charge in [-0.1, -0.05) is 154 Å². The van der Waals surface area contributed by atoms with Crippen LogP contribution in [0.2, 0.25) is 0 Å². The molecule has 9 aromatic carbocycles. The van der Waals surface area contributed by atoms with E-state index < -0.39 is 0 Å². The molecule has 12 aromatic rings. The standard InChI is InChI=1S/C54H36N2O2.C2H6/c1-32(34-15-5-3-6-16-34)54-53(55-33(2)35-17-7-4-8-18-35)52-42(24-14-28-48(52)58-54)41-23-13-27-47-49(41)43-31-36(29-30-46(43)57-47)56-44-25-11-21-39-37-19-9-10-20-38(37)40-22-12-26-45(56)51(40)50(39)44;1-2/h3-32H,1-2H3;1-2H3. The maximum atomic E-state index is 6.86. The van der Waals surface area contributed by atoms with E-state index in [2.05, 4.69) is 188 Å². The summed E-state index contributed by atoms with van der Waals surface area (Å²) in [5.41, 5.74) is 12.2. The van der Waals surface area contributed by atoms with Gasteiger partial charge in [-0.05, 0) is 93.2 Å². The van der Waals surface area contributed by atoms with Crippen molar-refractivity contribution >= 4 is 87.7 Å². The Labute approximate surface area is 348 Å². The molecule has 60 heavy (non-hydrogen) atoms. The molecule has 0 aliphatic carbocycles. The van der Waals surface area contributed by atoms with Gasteiger partial charge in [-0.2, -0.15) is 0 Å². The van der Waals surface area contributed by atoms with E-state index in [1.54, 1.807) is 0 Å². The Hall–Kier alpha value is -7.43. The topological polar surface area (TPSA) is 43.6 Å². The number of furan rings is 2. The zero-order valence-electron chi connectivity index (χ0n) is 34.0. The lowest BCUT2D eigenvalue weighted by Crippen LogP contribution is -1.97. The van der Waals surface area contributed by atoms with E-state index in [9.17, 15) is 0 Å². The molecule has 1 atom stereocenters. The van der Waals surface area contributed by atoms with E-state index in [1.807, 2.05) is 19.9 Å². The van der Waals surface area contributed by atoms with Crippen molar-refractivity contribution in [2.24, 2.45) is 4.99 Å². The number of fused-ring (bicyclic) bond motifs is 7. The van der Waals surface area contributed by atoms with Gasteiger partial charge in [-0.3, -0.25) is 0 Å². The van der Waals surface area contributed by atoms with Crippen LogP contribution in [0.5, 0.6) is 0 Å². The maximum absolute atomic E-state index is 6.86. The van der Waals surface area contributed by atoms with Crippen LogP contribution in [0.3, 0.4) is 0 Å². The van der Waals surface area contributed by atoms with Crippen molar-refractivity contribution in [2.45, 2.75) is 33.6 Å². The lowest BCUT2D eigenvalue weighted by atomic mass is 9.93. The van der Waals surface area contributed by atoms with Crippen molar-refractivity contribution in [3.05, 3.63) is 193 Å². The van der Waals surface area contributed by atoms with Crippen LogP contribution in [-0.2, 0) is 0 Å². The van der Waals surface area contributed by atoms with E-state index in [0.717, 1.165) is 72.4 Å². The monoisotopic (exact) mass is 774 g/mol. The van der Waals surface area contributed by atoms with Crippen molar-refractivity contribution < 1.29 is 8.83 Å². The minimum atomic E-state index is -0.0204. The Morgan fingerprint density at radius 1 is 0.483 bits per heavy atom. The number of nitrogens with zero attached hydrogens (tertiary/aromatic N) is 2. The Morgan fingerprint density at radius 3 is 1.68 bits per heavy atom. The molecule has 0 N–H and O–H groups in total. The first-order valence-corrected chi connectivity index (χ1v) is 21.0. The summed E-state index contributed by atoms with van der Waals surface area (Å²) in [6, 6.07) is 62.5. The zero-order valence-corrected chi connectivity index (χ0v) is 34.0. The van der Waals surface area contributed by atoms with Gasteiger partial charge in [0.1, 0.15) is 28.2 Å². The van der Waals surface area contributed by atoms with Crippen molar-refractivity contribution in [2.75, 3.05) is 0 Å². The van der Waals surface area contributed by atoms with Crippen LogP contribution in [0.15, 0.2) is 190 Å². The Morgan fingerprint density at radius 2 is 1.03 bits per heavy atom. The summed E-state index contributed by atoms with van der Waals surface area (Å²) >= 11 is 0. The molecule has 1 unspecified atom stereocenters. The third-order valence-electron chi connectivity index (χ3n) is 12.2. The molecule has 4 nitrogen and oxygen atoms in total. The average Bonchev–Trinajstić information content (AvgIpc) is 3.99.